The third-order valence-corrected chi connectivity index (χ3v) is 4.00. The van der Waals surface area contributed by atoms with Crippen molar-refractivity contribution in [2.24, 2.45) is 0 Å². The van der Waals surface area contributed by atoms with Crippen molar-refractivity contribution in [2.75, 3.05) is 37.7 Å². The zero-order valence-electron chi connectivity index (χ0n) is 13.3. The minimum absolute atomic E-state index is 0.162. The summed E-state index contributed by atoms with van der Waals surface area (Å²) in [5.74, 6) is -0.668. The summed E-state index contributed by atoms with van der Waals surface area (Å²) in [7, 11) is 0. The summed E-state index contributed by atoms with van der Waals surface area (Å²) in [4.78, 5) is 31.9. The van der Waals surface area contributed by atoms with Gasteiger partial charge in [0.25, 0.3) is 5.91 Å². The van der Waals surface area contributed by atoms with E-state index >= 15 is 0 Å². The highest BCUT2D eigenvalue weighted by Gasteiger charge is 2.22. The van der Waals surface area contributed by atoms with Crippen molar-refractivity contribution in [2.45, 2.75) is 0 Å². The lowest BCUT2D eigenvalue weighted by Gasteiger charge is -2.36. The molecule has 1 aromatic heterocycles. The molecule has 6 nitrogen and oxygen atoms in total. The largest absolute Gasteiger partial charge is 0.452 e. The van der Waals surface area contributed by atoms with Crippen LogP contribution in [0.4, 0.5) is 5.69 Å². The Morgan fingerprint density at radius 1 is 0.958 bits per heavy atom. The van der Waals surface area contributed by atoms with Gasteiger partial charge in [-0.3, -0.25) is 9.78 Å². The number of hydrogen-bond acceptors (Lipinski definition) is 5. The quantitative estimate of drug-likeness (QED) is 0.799. The summed E-state index contributed by atoms with van der Waals surface area (Å²) >= 11 is 0. The van der Waals surface area contributed by atoms with Crippen LogP contribution < -0.4 is 4.90 Å². The lowest BCUT2D eigenvalue weighted by molar-refractivity contribution is -0.134. The first-order chi connectivity index (χ1) is 11.7. The molecule has 0 radical (unpaired) electrons. The van der Waals surface area contributed by atoms with E-state index in [1.165, 1.54) is 12.4 Å². The fraction of sp³-hybridized carbons (Fsp3) is 0.278. The predicted molar refractivity (Wildman–Crippen MR) is 89.8 cm³/mol. The minimum atomic E-state index is -0.506. The van der Waals surface area contributed by atoms with Crippen molar-refractivity contribution >= 4 is 17.6 Å². The van der Waals surface area contributed by atoms with Crippen molar-refractivity contribution in [3.8, 4) is 0 Å². The third-order valence-electron chi connectivity index (χ3n) is 4.00. The number of amides is 1. The second kappa shape index (κ2) is 7.59. The molecule has 2 aromatic rings. The number of ether oxygens (including phenoxy) is 1. The molecule has 0 spiro atoms. The van der Waals surface area contributed by atoms with Crippen LogP contribution in [0.5, 0.6) is 0 Å². The van der Waals surface area contributed by atoms with Crippen molar-refractivity contribution < 1.29 is 14.3 Å². The van der Waals surface area contributed by atoms with E-state index in [0.717, 1.165) is 18.8 Å². The predicted octanol–water partition coefficient (Wildman–Crippen LogP) is 1.59. The van der Waals surface area contributed by atoms with E-state index in [0.29, 0.717) is 18.7 Å². The van der Waals surface area contributed by atoms with Crippen molar-refractivity contribution in [3.63, 3.8) is 0 Å². The van der Waals surface area contributed by atoms with Crippen LogP contribution in [0.15, 0.2) is 54.9 Å². The Labute approximate surface area is 140 Å². The Bertz CT molecular complexity index is 683. The van der Waals surface area contributed by atoms with Gasteiger partial charge in [0.1, 0.15) is 0 Å². The average molecular weight is 325 g/mol. The summed E-state index contributed by atoms with van der Waals surface area (Å²) in [6.07, 6.45) is 3.03. The number of piperazine rings is 1. The lowest BCUT2D eigenvalue weighted by Crippen LogP contribution is -2.49. The van der Waals surface area contributed by atoms with Crippen LogP contribution in [-0.4, -0.2) is 54.5 Å². The van der Waals surface area contributed by atoms with Gasteiger partial charge in [-0.05, 0) is 24.3 Å². The van der Waals surface area contributed by atoms with Gasteiger partial charge in [-0.15, -0.1) is 0 Å². The van der Waals surface area contributed by atoms with Gasteiger partial charge in [-0.25, -0.2) is 4.79 Å². The van der Waals surface area contributed by atoms with Crippen LogP contribution in [0.3, 0.4) is 0 Å². The van der Waals surface area contributed by atoms with Gasteiger partial charge < -0.3 is 14.5 Å². The van der Waals surface area contributed by atoms with Gasteiger partial charge >= 0.3 is 5.97 Å². The summed E-state index contributed by atoms with van der Waals surface area (Å²) < 4.78 is 5.08. The fourth-order valence-electron chi connectivity index (χ4n) is 2.64. The highest BCUT2D eigenvalue weighted by Crippen LogP contribution is 2.15. The third kappa shape index (κ3) is 3.90. The molecule has 0 aliphatic carbocycles. The molecule has 1 fully saturated rings. The molecular formula is C18H19N3O3. The van der Waals surface area contributed by atoms with E-state index in [1.807, 2.05) is 18.2 Å². The summed E-state index contributed by atoms with van der Waals surface area (Å²) in [5.41, 5.74) is 1.56. The molecule has 1 aliphatic heterocycles. The molecular weight excluding hydrogens is 306 g/mol. The topological polar surface area (TPSA) is 62.7 Å². The molecule has 24 heavy (non-hydrogen) atoms. The van der Waals surface area contributed by atoms with Crippen LogP contribution >= 0.6 is 0 Å². The number of para-hydroxylation sites is 1. The Morgan fingerprint density at radius 3 is 2.29 bits per heavy atom. The minimum Gasteiger partial charge on any atom is -0.452 e. The van der Waals surface area contributed by atoms with Crippen molar-refractivity contribution in [1.82, 2.24) is 9.88 Å². The molecule has 2 heterocycles. The first-order valence-electron chi connectivity index (χ1n) is 7.89. The van der Waals surface area contributed by atoms with E-state index in [2.05, 4.69) is 22.0 Å². The molecule has 1 amide bonds. The number of benzene rings is 1. The van der Waals surface area contributed by atoms with Crippen molar-refractivity contribution in [3.05, 3.63) is 60.4 Å². The molecule has 0 unspecified atom stereocenters. The number of hydrogen-bond donors (Lipinski definition) is 0. The van der Waals surface area contributed by atoms with E-state index in [4.69, 9.17) is 4.74 Å². The Kier molecular flexibility index (Phi) is 5.05. The second-order valence-corrected chi connectivity index (χ2v) is 5.52. The van der Waals surface area contributed by atoms with Crippen LogP contribution in [0, 0.1) is 0 Å². The highest BCUT2D eigenvalue weighted by molar-refractivity contribution is 5.91. The summed E-state index contributed by atoms with van der Waals surface area (Å²) in [5, 5.41) is 0. The normalized spacial score (nSPS) is 14.3. The number of esters is 1. The Hall–Kier alpha value is -2.89. The first-order valence-corrected chi connectivity index (χ1v) is 7.89. The molecule has 0 N–H and O–H groups in total. The summed E-state index contributed by atoms with van der Waals surface area (Å²) in [6, 6.07) is 13.2. The number of nitrogens with zero attached hydrogens (tertiary/aromatic N) is 3. The van der Waals surface area contributed by atoms with Gasteiger partial charge in [0, 0.05) is 44.3 Å². The molecule has 0 bridgehead atoms. The average Bonchev–Trinajstić information content (AvgIpc) is 2.67. The maximum absolute atomic E-state index is 12.2. The molecule has 6 heteroatoms. The van der Waals surface area contributed by atoms with Gasteiger partial charge in [0.15, 0.2) is 6.61 Å². The van der Waals surface area contributed by atoms with Gasteiger partial charge in [0.05, 0.1) is 5.56 Å². The van der Waals surface area contributed by atoms with Crippen LogP contribution in [-0.2, 0) is 9.53 Å². The van der Waals surface area contributed by atoms with E-state index in [1.54, 1.807) is 17.0 Å². The van der Waals surface area contributed by atoms with Gasteiger partial charge in [-0.2, -0.15) is 0 Å². The zero-order valence-corrected chi connectivity index (χ0v) is 13.3. The summed E-state index contributed by atoms with van der Waals surface area (Å²) in [6.45, 7) is 2.57. The molecule has 1 saturated heterocycles. The standard InChI is InChI=1S/C18H19N3O3/c22-17(14-24-18(23)15-6-8-19-9-7-15)21-12-10-20(11-13-21)16-4-2-1-3-5-16/h1-9H,10-14H2. The lowest BCUT2D eigenvalue weighted by atomic mass is 10.2. The van der Waals surface area contributed by atoms with Gasteiger partial charge in [0.2, 0.25) is 0 Å². The number of rotatable bonds is 4. The molecule has 0 saturated carbocycles. The monoisotopic (exact) mass is 325 g/mol. The molecule has 1 aromatic carbocycles. The number of carbonyl (C=O) groups is 2. The van der Waals surface area contributed by atoms with E-state index in [9.17, 15) is 9.59 Å². The van der Waals surface area contributed by atoms with Crippen LogP contribution in [0.25, 0.3) is 0 Å². The Balaban J connectivity index is 1.46. The van der Waals surface area contributed by atoms with Crippen LogP contribution in [0.2, 0.25) is 0 Å². The number of anilines is 1. The van der Waals surface area contributed by atoms with E-state index in [-0.39, 0.29) is 12.5 Å². The number of aromatic nitrogens is 1. The number of carbonyl (C=O) groups excluding carboxylic acids is 2. The van der Waals surface area contributed by atoms with E-state index < -0.39 is 5.97 Å². The smallest absolute Gasteiger partial charge is 0.338 e. The number of pyridine rings is 1. The van der Waals surface area contributed by atoms with Crippen molar-refractivity contribution in [1.29, 1.82) is 0 Å². The zero-order chi connectivity index (χ0) is 16.8. The van der Waals surface area contributed by atoms with Gasteiger partial charge in [-0.1, -0.05) is 18.2 Å². The molecule has 1 aliphatic rings. The molecule has 3 rings (SSSR count). The maximum atomic E-state index is 12.2. The SMILES string of the molecule is O=C(OCC(=O)N1CCN(c2ccccc2)CC1)c1ccncc1. The maximum Gasteiger partial charge on any atom is 0.338 e. The second-order valence-electron chi connectivity index (χ2n) is 5.52. The first kappa shape index (κ1) is 16.0. The highest BCUT2D eigenvalue weighted by atomic mass is 16.5. The molecule has 0 atom stereocenters. The van der Waals surface area contributed by atoms with Crippen LogP contribution in [0.1, 0.15) is 10.4 Å². The molecule has 124 valence electrons. The Morgan fingerprint density at radius 2 is 1.62 bits per heavy atom. The fourth-order valence-corrected chi connectivity index (χ4v) is 2.64.